The maximum atomic E-state index is 15.1. The number of ether oxygens (including phenoxy) is 1. The highest BCUT2D eigenvalue weighted by molar-refractivity contribution is 7.90. The van der Waals surface area contributed by atoms with Crippen LogP contribution in [0, 0.1) is 5.82 Å². The molecule has 0 aliphatic carbocycles. The molecule has 1 amide bonds. The Bertz CT molecular complexity index is 1690. The van der Waals surface area contributed by atoms with Crippen LogP contribution in [0.2, 0.25) is 0 Å². The second-order valence-corrected chi connectivity index (χ2v) is 11.1. The number of aromatic amines is 2. The zero-order valence-corrected chi connectivity index (χ0v) is 21.7. The van der Waals surface area contributed by atoms with Gasteiger partial charge in [0.05, 0.1) is 12.2 Å². The Hall–Kier alpha value is -4.18. The number of H-pyrrole nitrogens is 2. The molecule has 8 nitrogen and oxygen atoms in total. The molecule has 3 aromatic carbocycles. The van der Waals surface area contributed by atoms with Crippen molar-refractivity contribution in [3.05, 3.63) is 93.8 Å². The van der Waals surface area contributed by atoms with Crippen molar-refractivity contribution in [2.75, 3.05) is 19.4 Å². The molecule has 0 fully saturated rings. The summed E-state index contributed by atoms with van der Waals surface area (Å²) in [6.45, 7) is 2.51. The number of amides is 1. The second-order valence-electron chi connectivity index (χ2n) is 9.16. The molecule has 0 spiro atoms. The molecular weight excluding hydrogens is 509 g/mol. The highest BCUT2D eigenvalue weighted by atomic mass is 32.2. The van der Waals surface area contributed by atoms with E-state index in [1.165, 1.54) is 6.07 Å². The van der Waals surface area contributed by atoms with Gasteiger partial charge in [-0.05, 0) is 47.4 Å². The van der Waals surface area contributed by atoms with Crippen molar-refractivity contribution in [2.45, 2.75) is 24.8 Å². The molecule has 0 unspecified atom stereocenters. The molecule has 4 aromatic rings. The van der Waals surface area contributed by atoms with Gasteiger partial charge in [-0.2, -0.15) is 0 Å². The van der Waals surface area contributed by atoms with Gasteiger partial charge in [0.1, 0.15) is 23.1 Å². The lowest BCUT2D eigenvalue weighted by molar-refractivity contribution is 0.0731. The Morgan fingerprint density at radius 3 is 2.42 bits per heavy atom. The molecule has 196 valence electrons. The Balaban J connectivity index is 1.43. The molecule has 2 heterocycles. The third-order valence-corrected chi connectivity index (χ3v) is 7.76. The number of nitrogens with zero attached hydrogens (tertiary/aromatic N) is 1. The molecule has 10 heteroatoms. The first-order valence-electron chi connectivity index (χ1n) is 12.1. The molecule has 0 saturated heterocycles. The summed E-state index contributed by atoms with van der Waals surface area (Å²) in [5.74, 6) is -0.589. The smallest absolute Gasteiger partial charge is 0.323 e. The first kappa shape index (κ1) is 25.5. The second kappa shape index (κ2) is 9.94. The number of halogens is 1. The van der Waals surface area contributed by atoms with Crippen LogP contribution in [0.1, 0.15) is 28.4 Å². The lowest BCUT2D eigenvalue weighted by atomic mass is 10.00. The number of hydrogen-bond donors (Lipinski definition) is 2. The number of rotatable bonds is 5. The molecule has 5 rings (SSSR count). The summed E-state index contributed by atoms with van der Waals surface area (Å²) in [5, 5.41) is 0. The zero-order chi connectivity index (χ0) is 27.0. The maximum Gasteiger partial charge on any atom is 0.323 e. The normalized spacial score (nSPS) is 13.5. The standard InChI is InChI=1S/C28H26FN3O5S/c1-3-21-22(9-11-25(26(21)29)38(2,35)36)27(33)32-12-13-37-24-10-8-19(14-20(24)16-32)17-4-6-18(7-5-17)23-15-30-28(34)31-23/h4-11,14-15H,3,12-13,16H2,1-2H3,(H2,30,31,34). The quantitative estimate of drug-likeness (QED) is 0.398. The van der Waals surface area contributed by atoms with Crippen LogP contribution in [0.15, 0.2) is 70.5 Å². The number of imidazole rings is 1. The van der Waals surface area contributed by atoms with Gasteiger partial charge in [-0.25, -0.2) is 17.6 Å². The minimum atomic E-state index is -3.77. The van der Waals surface area contributed by atoms with E-state index in [4.69, 9.17) is 4.74 Å². The molecule has 2 N–H and O–H groups in total. The zero-order valence-electron chi connectivity index (χ0n) is 20.9. The molecule has 1 aromatic heterocycles. The van der Waals surface area contributed by atoms with Crippen molar-refractivity contribution in [3.63, 3.8) is 0 Å². The van der Waals surface area contributed by atoms with E-state index in [-0.39, 0.29) is 42.3 Å². The number of sulfone groups is 1. The van der Waals surface area contributed by atoms with E-state index in [0.29, 0.717) is 18.0 Å². The summed E-state index contributed by atoms with van der Waals surface area (Å²) in [5.41, 5.74) is 4.20. The van der Waals surface area contributed by atoms with Gasteiger partial charge in [-0.15, -0.1) is 0 Å². The molecular formula is C28H26FN3O5S. The van der Waals surface area contributed by atoms with Crippen molar-refractivity contribution in [2.24, 2.45) is 0 Å². The summed E-state index contributed by atoms with van der Waals surface area (Å²) >= 11 is 0. The highest BCUT2D eigenvalue weighted by Crippen LogP contribution is 2.31. The molecule has 0 atom stereocenters. The van der Waals surface area contributed by atoms with E-state index in [9.17, 15) is 18.0 Å². The number of carbonyl (C=O) groups excluding carboxylic acids is 1. The van der Waals surface area contributed by atoms with E-state index >= 15 is 4.39 Å². The van der Waals surface area contributed by atoms with Gasteiger partial charge in [0.25, 0.3) is 5.91 Å². The summed E-state index contributed by atoms with van der Waals surface area (Å²) < 4.78 is 44.9. The third kappa shape index (κ3) is 4.87. The van der Waals surface area contributed by atoms with Crippen molar-refractivity contribution >= 4 is 15.7 Å². The molecule has 1 aliphatic rings. The van der Waals surface area contributed by atoms with Gasteiger partial charge in [0.2, 0.25) is 0 Å². The minimum Gasteiger partial charge on any atom is -0.491 e. The average Bonchev–Trinajstić information content (AvgIpc) is 3.21. The minimum absolute atomic E-state index is 0.0842. The lowest BCUT2D eigenvalue weighted by Gasteiger charge is -2.22. The SMILES string of the molecule is CCc1c(C(=O)N2CCOc3ccc(-c4ccc(-c5c[nH]c(=O)[nH]5)cc4)cc3C2)ccc(S(C)(=O)=O)c1F. The number of hydrogen-bond acceptors (Lipinski definition) is 5. The largest absolute Gasteiger partial charge is 0.491 e. The monoisotopic (exact) mass is 535 g/mol. The van der Waals surface area contributed by atoms with Crippen LogP contribution in [-0.2, 0) is 22.8 Å². The number of benzene rings is 3. The molecule has 38 heavy (non-hydrogen) atoms. The van der Waals surface area contributed by atoms with Crippen LogP contribution >= 0.6 is 0 Å². The molecule has 1 aliphatic heterocycles. The number of aromatic nitrogens is 2. The Morgan fingerprint density at radius 1 is 1.05 bits per heavy atom. The Kier molecular flexibility index (Phi) is 6.66. The van der Waals surface area contributed by atoms with Crippen LogP contribution in [0.5, 0.6) is 5.75 Å². The first-order valence-corrected chi connectivity index (χ1v) is 14.0. The summed E-state index contributed by atoms with van der Waals surface area (Å²) in [7, 11) is -3.77. The molecule has 0 radical (unpaired) electrons. The predicted molar refractivity (Wildman–Crippen MR) is 141 cm³/mol. The van der Waals surface area contributed by atoms with Gasteiger partial charge in [-0.1, -0.05) is 37.3 Å². The predicted octanol–water partition coefficient (Wildman–Crippen LogP) is 4.18. The van der Waals surface area contributed by atoms with Gasteiger partial charge in [0, 0.05) is 35.7 Å². The van der Waals surface area contributed by atoms with Crippen molar-refractivity contribution in [1.29, 1.82) is 0 Å². The van der Waals surface area contributed by atoms with Crippen molar-refractivity contribution in [3.8, 4) is 28.1 Å². The fourth-order valence-electron chi connectivity index (χ4n) is 4.68. The summed E-state index contributed by atoms with van der Waals surface area (Å²) in [6, 6.07) is 16.0. The average molecular weight is 536 g/mol. The van der Waals surface area contributed by atoms with Gasteiger partial charge >= 0.3 is 5.69 Å². The number of fused-ring (bicyclic) bond motifs is 1. The molecule has 0 bridgehead atoms. The first-order chi connectivity index (χ1) is 18.2. The summed E-state index contributed by atoms with van der Waals surface area (Å²) in [4.78, 5) is 31.4. The van der Waals surface area contributed by atoms with Gasteiger partial charge < -0.3 is 19.6 Å². The number of nitrogens with one attached hydrogen (secondary N) is 2. The van der Waals surface area contributed by atoms with Crippen LogP contribution in [0.25, 0.3) is 22.4 Å². The Morgan fingerprint density at radius 2 is 1.76 bits per heavy atom. The van der Waals surface area contributed by atoms with Crippen molar-refractivity contribution in [1.82, 2.24) is 14.9 Å². The Labute approximate surface area is 219 Å². The number of carbonyl (C=O) groups is 1. The van der Waals surface area contributed by atoms with E-state index in [0.717, 1.165) is 34.6 Å². The highest BCUT2D eigenvalue weighted by Gasteiger charge is 2.27. The fraction of sp³-hybridized carbons (Fsp3) is 0.214. The van der Waals surface area contributed by atoms with Crippen LogP contribution in [0.3, 0.4) is 0 Å². The van der Waals surface area contributed by atoms with Gasteiger partial charge in [0.15, 0.2) is 9.84 Å². The van der Waals surface area contributed by atoms with Crippen molar-refractivity contribution < 1.29 is 22.3 Å². The van der Waals surface area contributed by atoms with E-state index in [1.807, 2.05) is 42.5 Å². The van der Waals surface area contributed by atoms with Crippen LogP contribution in [-0.4, -0.2) is 48.6 Å². The van der Waals surface area contributed by atoms with Crippen LogP contribution in [0.4, 0.5) is 4.39 Å². The van der Waals surface area contributed by atoms with Gasteiger partial charge in [-0.3, -0.25) is 4.79 Å². The maximum absolute atomic E-state index is 15.1. The molecule has 0 saturated carbocycles. The third-order valence-electron chi connectivity index (χ3n) is 6.64. The van der Waals surface area contributed by atoms with Crippen LogP contribution < -0.4 is 10.4 Å². The van der Waals surface area contributed by atoms with E-state index in [1.54, 1.807) is 18.0 Å². The summed E-state index contributed by atoms with van der Waals surface area (Å²) in [6.07, 6.45) is 2.74. The van der Waals surface area contributed by atoms with E-state index in [2.05, 4.69) is 9.97 Å². The lowest BCUT2D eigenvalue weighted by Crippen LogP contribution is -2.33. The fourth-order valence-corrected chi connectivity index (χ4v) is 5.44. The van der Waals surface area contributed by atoms with E-state index < -0.39 is 20.5 Å². The topological polar surface area (TPSA) is 112 Å².